The number of aromatic nitrogens is 3. The van der Waals surface area contributed by atoms with E-state index in [-0.39, 0.29) is 5.91 Å². The number of piperazine rings is 1. The number of aromatic amines is 1. The Bertz CT molecular complexity index is 1350. The molecule has 2 aromatic carbocycles. The van der Waals surface area contributed by atoms with Crippen molar-refractivity contribution in [2.45, 2.75) is 6.42 Å². The second-order valence-corrected chi connectivity index (χ2v) is 9.75. The Balaban J connectivity index is 1.14. The average Bonchev–Trinajstić information content (AvgIpc) is 3.34. The maximum atomic E-state index is 12.8. The lowest BCUT2D eigenvalue weighted by atomic mass is 10.1. The Morgan fingerprint density at radius 3 is 2.57 bits per heavy atom. The summed E-state index contributed by atoms with van der Waals surface area (Å²) in [5.41, 5.74) is 3.14. The first-order chi connectivity index (χ1) is 18.0. The van der Waals surface area contributed by atoms with Gasteiger partial charge in [-0.1, -0.05) is 23.2 Å². The van der Waals surface area contributed by atoms with Gasteiger partial charge in [-0.05, 0) is 55.4 Å². The summed E-state index contributed by atoms with van der Waals surface area (Å²) in [5, 5.41) is 4.97. The molecular formula is C27H28Cl2N6O2. The van der Waals surface area contributed by atoms with Crippen LogP contribution in [-0.2, 0) is 0 Å². The Kier molecular flexibility index (Phi) is 7.79. The molecule has 3 heterocycles. The van der Waals surface area contributed by atoms with Crippen molar-refractivity contribution in [3.63, 3.8) is 0 Å². The smallest absolute Gasteiger partial charge is 0.251 e. The number of fused-ring (bicyclic) bond motifs is 1. The largest absolute Gasteiger partial charge is 0.496 e. The molecule has 0 unspecified atom stereocenters. The molecule has 2 N–H and O–H groups in total. The molecule has 5 rings (SSSR count). The summed E-state index contributed by atoms with van der Waals surface area (Å²) in [5.74, 6) is 1.27. The molecule has 192 valence electrons. The fourth-order valence-corrected chi connectivity index (χ4v) is 4.90. The Morgan fingerprint density at radius 2 is 1.81 bits per heavy atom. The number of halogens is 2. The summed E-state index contributed by atoms with van der Waals surface area (Å²) in [6.45, 7) is 5.25. The highest BCUT2D eigenvalue weighted by molar-refractivity contribution is 6.42. The third-order valence-electron chi connectivity index (χ3n) is 6.56. The number of anilines is 1. The van der Waals surface area contributed by atoms with Crippen LogP contribution in [0.2, 0.25) is 10.0 Å². The van der Waals surface area contributed by atoms with E-state index < -0.39 is 0 Å². The fraction of sp³-hybridized carbons (Fsp3) is 0.296. The zero-order chi connectivity index (χ0) is 25.8. The number of nitrogens with one attached hydrogen (secondary N) is 2. The number of benzene rings is 2. The van der Waals surface area contributed by atoms with E-state index in [0.717, 1.165) is 67.3 Å². The molecule has 1 fully saturated rings. The van der Waals surface area contributed by atoms with Crippen molar-refractivity contribution in [3.8, 4) is 17.0 Å². The summed E-state index contributed by atoms with van der Waals surface area (Å²) in [6.07, 6.45) is 4.42. The van der Waals surface area contributed by atoms with E-state index in [1.54, 1.807) is 31.6 Å². The van der Waals surface area contributed by atoms with Gasteiger partial charge < -0.3 is 19.9 Å². The minimum atomic E-state index is -0.119. The fourth-order valence-electron chi connectivity index (χ4n) is 4.56. The lowest BCUT2D eigenvalue weighted by Crippen LogP contribution is -2.47. The van der Waals surface area contributed by atoms with Gasteiger partial charge in [0.15, 0.2) is 0 Å². The van der Waals surface area contributed by atoms with Crippen molar-refractivity contribution in [3.05, 3.63) is 70.5 Å². The average molecular weight is 539 g/mol. The van der Waals surface area contributed by atoms with Crippen LogP contribution in [0.25, 0.3) is 22.2 Å². The number of hydrogen-bond acceptors (Lipinski definition) is 6. The predicted octanol–water partition coefficient (Wildman–Crippen LogP) is 4.88. The van der Waals surface area contributed by atoms with Crippen LogP contribution in [0.3, 0.4) is 0 Å². The molecule has 8 nitrogen and oxygen atoms in total. The Morgan fingerprint density at radius 1 is 1.05 bits per heavy atom. The standard InChI is InChI=1S/C27H28Cl2N6O2/c1-37-25-16-18(4-5-20(25)24-15-19-14-21(28)22(29)17-23(19)33-24)26(36)30-8-3-9-34-10-12-35(13-11-34)27-31-6-2-7-32-27/h2,4-7,14-17,33H,3,8-13H2,1H3,(H,30,36). The molecule has 0 aliphatic carbocycles. The topological polar surface area (TPSA) is 86.4 Å². The zero-order valence-corrected chi connectivity index (χ0v) is 22.0. The lowest BCUT2D eigenvalue weighted by Gasteiger charge is -2.34. The quantitative estimate of drug-likeness (QED) is 0.311. The number of methoxy groups -OCH3 is 1. The zero-order valence-electron chi connectivity index (χ0n) is 20.5. The van der Waals surface area contributed by atoms with Gasteiger partial charge in [0.05, 0.1) is 22.8 Å². The van der Waals surface area contributed by atoms with Gasteiger partial charge in [0.2, 0.25) is 5.95 Å². The SMILES string of the molecule is COc1cc(C(=O)NCCCN2CCN(c3ncccn3)CC2)ccc1-c1cc2cc(Cl)c(Cl)cc2[nH]1. The van der Waals surface area contributed by atoms with Crippen LogP contribution < -0.4 is 15.0 Å². The summed E-state index contributed by atoms with van der Waals surface area (Å²) >= 11 is 12.3. The third-order valence-corrected chi connectivity index (χ3v) is 7.28. The molecule has 10 heteroatoms. The van der Waals surface area contributed by atoms with E-state index in [1.807, 2.05) is 30.3 Å². The molecule has 1 amide bonds. The maximum absolute atomic E-state index is 12.8. The Labute approximate surface area is 225 Å². The first-order valence-electron chi connectivity index (χ1n) is 12.2. The molecule has 2 aromatic heterocycles. The molecule has 0 radical (unpaired) electrons. The van der Waals surface area contributed by atoms with Crippen LogP contribution in [0.15, 0.2) is 54.9 Å². The number of carbonyl (C=O) groups excluding carboxylic acids is 1. The molecular weight excluding hydrogens is 511 g/mol. The second-order valence-electron chi connectivity index (χ2n) is 8.94. The summed E-state index contributed by atoms with van der Waals surface area (Å²) < 4.78 is 5.61. The highest BCUT2D eigenvalue weighted by Gasteiger charge is 2.18. The number of hydrogen-bond donors (Lipinski definition) is 2. The first-order valence-corrected chi connectivity index (χ1v) is 13.0. The van der Waals surface area contributed by atoms with Gasteiger partial charge in [-0.2, -0.15) is 0 Å². The number of amides is 1. The van der Waals surface area contributed by atoms with Crippen molar-refractivity contribution in [2.24, 2.45) is 0 Å². The minimum absolute atomic E-state index is 0.119. The van der Waals surface area contributed by atoms with E-state index in [2.05, 4.69) is 30.1 Å². The molecule has 0 spiro atoms. The monoisotopic (exact) mass is 538 g/mol. The van der Waals surface area contributed by atoms with Gasteiger partial charge in [0, 0.05) is 67.1 Å². The van der Waals surface area contributed by atoms with Crippen molar-refractivity contribution in [1.29, 1.82) is 0 Å². The molecule has 1 aliphatic heterocycles. The van der Waals surface area contributed by atoms with E-state index in [4.69, 9.17) is 27.9 Å². The van der Waals surface area contributed by atoms with Gasteiger partial charge in [0.1, 0.15) is 5.75 Å². The van der Waals surface area contributed by atoms with Crippen molar-refractivity contribution in [1.82, 2.24) is 25.2 Å². The van der Waals surface area contributed by atoms with E-state index >= 15 is 0 Å². The van der Waals surface area contributed by atoms with E-state index in [0.29, 0.717) is 27.9 Å². The van der Waals surface area contributed by atoms with Crippen LogP contribution in [0.5, 0.6) is 5.75 Å². The highest BCUT2D eigenvalue weighted by Crippen LogP contribution is 2.35. The van der Waals surface area contributed by atoms with E-state index in [1.165, 1.54) is 0 Å². The van der Waals surface area contributed by atoms with Crippen molar-refractivity contribution in [2.75, 3.05) is 51.3 Å². The van der Waals surface area contributed by atoms with Crippen LogP contribution in [0.4, 0.5) is 5.95 Å². The number of rotatable bonds is 8. The van der Waals surface area contributed by atoms with Gasteiger partial charge in [0.25, 0.3) is 5.91 Å². The highest BCUT2D eigenvalue weighted by atomic mass is 35.5. The molecule has 4 aromatic rings. The Hall–Kier alpha value is -3.33. The molecule has 0 saturated carbocycles. The minimum Gasteiger partial charge on any atom is -0.496 e. The second kappa shape index (κ2) is 11.4. The normalized spacial score (nSPS) is 14.2. The third kappa shape index (κ3) is 5.82. The molecule has 0 atom stereocenters. The van der Waals surface area contributed by atoms with Crippen molar-refractivity contribution < 1.29 is 9.53 Å². The van der Waals surface area contributed by atoms with Gasteiger partial charge >= 0.3 is 0 Å². The maximum Gasteiger partial charge on any atom is 0.251 e. The summed E-state index contributed by atoms with van der Waals surface area (Å²) in [7, 11) is 1.60. The van der Waals surface area contributed by atoms with Crippen LogP contribution in [0.1, 0.15) is 16.8 Å². The summed E-state index contributed by atoms with van der Waals surface area (Å²) in [4.78, 5) is 29.4. The molecule has 1 aliphatic rings. The van der Waals surface area contributed by atoms with E-state index in [9.17, 15) is 4.79 Å². The van der Waals surface area contributed by atoms with Crippen LogP contribution in [0, 0.1) is 0 Å². The lowest BCUT2D eigenvalue weighted by molar-refractivity contribution is 0.0951. The number of nitrogens with zero attached hydrogens (tertiary/aromatic N) is 4. The van der Waals surface area contributed by atoms with Crippen LogP contribution in [-0.4, -0.2) is 72.1 Å². The van der Waals surface area contributed by atoms with Gasteiger partial charge in [-0.15, -0.1) is 0 Å². The summed E-state index contributed by atoms with van der Waals surface area (Å²) in [6, 6.07) is 12.9. The van der Waals surface area contributed by atoms with Gasteiger partial charge in [-0.3, -0.25) is 9.69 Å². The van der Waals surface area contributed by atoms with Gasteiger partial charge in [-0.25, -0.2) is 9.97 Å². The number of carbonyl (C=O) groups is 1. The number of ether oxygens (including phenoxy) is 1. The number of H-pyrrole nitrogens is 1. The molecule has 0 bridgehead atoms. The predicted molar refractivity (Wildman–Crippen MR) is 148 cm³/mol. The van der Waals surface area contributed by atoms with Crippen molar-refractivity contribution >= 4 is 46.0 Å². The molecule has 37 heavy (non-hydrogen) atoms. The molecule has 1 saturated heterocycles. The first kappa shape index (κ1) is 25.3. The van der Waals surface area contributed by atoms with Crippen LogP contribution >= 0.6 is 23.2 Å².